The standard InChI is InChI=1S/C19H21N7O2/c1-11-13(9-25(3)24-11)17-16(12(2)22-19-20-10-21-26(17)19)18(27)23-14-7-5-6-8-15(14)28-4/h5-10,17H,1-4H3,(H,23,27)(H,20,21,22)/t17-/m0/s1. The number of benzene rings is 1. The summed E-state index contributed by atoms with van der Waals surface area (Å²) in [4.78, 5) is 17.6. The summed E-state index contributed by atoms with van der Waals surface area (Å²) in [5, 5.41) is 14.9. The molecule has 9 nitrogen and oxygen atoms in total. The number of ether oxygens (including phenoxy) is 1. The Kier molecular flexibility index (Phi) is 4.34. The van der Waals surface area contributed by atoms with Crippen molar-refractivity contribution in [3.8, 4) is 5.75 Å². The molecule has 144 valence electrons. The summed E-state index contributed by atoms with van der Waals surface area (Å²) in [6.07, 6.45) is 3.37. The van der Waals surface area contributed by atoms with Gasteiger partial charge in [0.05, 0.1) is 24.1 Å². The molecule has 1 amide bonds. The van der Waals surface area contributed by atoms with E-state index in [0.29, 0.717) is 28.7 Å². The Balaban J connectivity index is 1.79. The number of allylic oxidation sites excluding steroid dienone is 1. The lowest BCUT2D eigenvalue weighted by Gasteiger charge is -2.28. The van der Waals surface area contributed by atoms with E-state index in [-0.39, 0.29) is 5.91 Å². The molecule has 0 spiro atoms. The van der Waals surface area contributed by atoms with Gasteiger partial charge in [-0.1, -0.05) is 12.1 Å². The van der Waals surface area contributed by atoms with Gasteiger partial charge in [-0.3, -0.25) is 9.48 Å². The van der Waals surface area contributed by atoms with Crippen LogP contribution < -0.4 is 15.4 Å². The number of aromatic nitrogens is 5. The summed E-state index contributed by atoms with van der Waals surface area (Å²) < 4.78 is 8.78. The number of amides is 1. The topological polar surface area (TPSA) is 98.9 Å². The van der Waals surface area contributed by atoms with Gasteiger partial charge in [0.2, 0.25) is 5.95 Å². The third-order valence-corrected chi connectivity index (χ3v) is 4.74. The van der Waals surface area contributed by atoms with Crippen LogP contribution in [-0.4, -0.2) is 37.6 Å². The minimum atomic E-state index is -0.442. The molecular formula is C19H21N7O2. The third kappa shape index (κ3) is 2.90. The van der Waals surface area contributed by atoms with Crippen molar-refractivity contribution < 1.29 is 9.53 Å². The molecule has 3 heterocycles. The van der Waals surface area contributed by atoms with Gasteiger partial charge in [-0.2, -0.15) is 15.2 Å². The Labute approximate surface area is 162 Å². The Hall–Kier alpha value is -3.62. The van der Waals surface area contributed by atoms with Gasteiger partial charge < -0.3 is 15.4 Å². The number of methoxy groups -OCH3 is 1. The monoisotopic (exact) mass is 379 g/mol. The van der Waals surface area contributed by atoms with Crippen LogP contribution >= 0.6 is 0 Å². The Morgan fingerprint density at radius 1 is 1.29 bits per heavy atom. The first-order valence-electron chi connectivity index (χ1n) is 8.81. The van der Waals surface area contributed by atoms with Crippen molar-refractivity contribution in [3.05, 3.63) is 59.3 Å². The van der Waals surface area contributed by atoms with Crippen LogP contribution in [0.15, 0.2) is 48.1 Å². The lowest BCUT2D eigenvalue weighted by atomic mass is 9.95. The molecule has 28 heavy (non-hydrogen) atoms. The summed E-state index contributed by atoms with van der Waals surface area (Å²) in [5.41, 5.74) is 3.56. The van der Waals surface area contributed by atoms with Gasteiger partial charge in [0.15, 0.2) is 0 Å². The number of para-hydroxylation sites is 2. The maximum Gasteiger partial charge on any atom is 0.255 e. The number of hydrogen-bond acceptors (Lipinski definition) is 6. The molecule has 1 aromatic carbocycles. The van der Waals surface area contributed by atoms with Crippen LogP contribution in [0.1, 0.15) is 24.2 Å². The number of rotatable bonds is 4. The molecule has 0 aliphatic carbocycles. The lowest BCUT2D eigenvalue weighted by Crippen LogP contribution is -2.31. The van der Waals surface area contributed by atoms with E-state index in [1.807, 2.05) is 39.2 Å². The van der Waals surface area contributed by atoms with Crippen molar-refractivity contribution in [1.29, 1.82) is 0 Å². The number of anilines is 2. The molecule has 3 aromatic rings. The molecule has 2 N–H and O–H groups in total. The van der Waals surface area contributed by atoms with Crippen molar-refractivity contribution in [1.82, 2.24) is 24.5 Å². The highest BCUT2D eigenvalue weighted by atomic mass is 16.5. The summed E-state index contributed by atoms with van der Waals surface area (Å²) in [5.74, 6) is 0.928. The summed E-state index contributed by atoms with van der Waals surface area (Å²) >= 11 is 0. The Morgan fingerprint density at radius 3 is 2.79 bits per heavy atom. The molecular weight excluding hydrogens is 358 g/mol. The summed E-state index contributed by atoms with van der Waals surface area (Å²) in [7, 11) is 3.42. The average Bonchev–Trinajstić information content (AvgIpc) is 3.26. The fourth-order valence-corrected chi connectivity index (χ4v) is 3.50. The molecule has 0 unspecified atom stereocenters. The Bertz CT molecular complexity index is 1080. The second-order valence-electron chi connectivity index (χ2n) is 6.59. The first kappa shape index (κ1) is 17.8. The van der Waals surface area contributed by atoms with Gasteiger partial charge >= 0.3 is 0 Å². The van der Waals surface area contributed by atoms with E-state index in [1.165, 1.54) is 6.33 Å². The molecule has 9 heteroatoms. The van der Waals surface area contributed by atoms with Crippen LogP contribution in [0.5, 0.6) is 5.75 Å². The van der Waals surface area contributed by atoms with E-state index in [2.05, 4.69) is 25.8 Å². The van der Waals surface area contributed by atoms with Gasteiger partial charge in [-0.05, 0) is 26.0 Å². The number of fused-ring (bicyclic) bond motifs is 1. The molecule has 0 saturated carbocycles. The lowest BCUT2D eigenvalue weighted by molar-refractivity contribution is -0.113. The molecule has 1 aliphatic heterocycles. The number of hydrogen-bond donors (Lipinski definition) is 2. The van der Waals surface area contributed by atoms with E-state index in [1.54, 1.807) is 28.6 Å². The Morgan fingerprint density at radius 2 is 2.07 bits per heavy atom. The van der Waals surface area contributed by atoms with Gasteiger partial charge in [0, 0.05) is 24.5 Å². The zero-order valence-electron chi connectivity index (χ0n) is 16.1. The maximum atomic E-state index is 13.3. The van der Waals surface area contributed by atoms with Crippen molar-refractivity contribution in [2.45, 2.75) is 19.9 Å². The highest BCUT2D eigenvalue weighted by Gasteiger charge is 2.35. The van der Waals surface area contributed by atoms with Gasteiger partial charge in [0.25, 0.3) is 5.91 Å². The van der Waals surface area contributed by atoms with Gasteiger partial charge in [-0.25, -0.2) is 4.68 Å². The third-order valence-electron chi connectivity index (χ3n) is 4.74. The van der Waals surface area contributed by atoms with Gasteiger partial charge in [0.1, 0.15) is 18.1 Å². The molecule has 0 fully saturated rings. The fourth-order valence-electron chi connectivity index (χ4n) is 3.50. The van der Waals surface area contributed by atoms with Crippen LogP contribution in [-0.2, 0) is 11.8 Å². The summed E-state index contributed by atoms with van der Waals surface area (Å²) in [6.45, 7) is 3.77. The SMILES string of the molecule is COc1ccccc1NC(=O)C1=C(C)Nc2ncnn2[C@H]1c1cn(C)nc1C. The average molecular weight is 379 g/mol. The predicted octanol–water partition coefficient (Wildman–Crippen LogP) is 2.26. The minimum absolute atomic E-state index is 0.246. The molecule has 1 atom stereocenters. The number of nitrogens with zero attached hydrogens (tertiary/aromatic N) is 5. The molecule has 4 rings (SSSR count). The quantitative estimate of drug-likeness (QED) is 0.721. The van der Waals surface area contributed by atoms with Crippen LogP contribution in [0, 0.1) is 6.92 Å². The van der Waals surface area contributed by atoms with Crippen molar-refractivity contribution in [2.24, 2.45) is 7.05 Å². The summed E-state index contributed by atoms with van der Waals surface area (Å²) in [6, 6.07) is 6.85. The second-order valence-corrected chi connectivity index (χ2v) is 6.59. The molecule has 0 saturated heterocycles. The molecule has 0 bridgehead atoms. The zero-order valence-corrected chi connectivity index (χ0v) is 16.1. The second kappa shape index (κ2) is 6.84. The van der Waals surface area contributed by atoms with Crippen LogP contribution in [0.3, 0.4) is 0 Å². The number of carbonyl (C=O) groups is 1. The first-order chi connectivity index (χ1) is 13.5. The van der Waals surface area contributed by atoms with E-state index in [4.69, 9.17) is 4.74 Å². The van der Waals surface area contributed by atoms with Crippen LogP contribution in [0.2, 0.25) is 0 Å². The smallest absolute Gasteiger partial charge is 0.255 e. The van der Waals surface area contributed by atoms with Crippen molar-refractivity contribution in [3.63, 3.8) is 0 Å². The number of nitrogens with one attached hydrogen (secondary N) is 2. The van der Waals surface area contributed by atoms with E-state index in [0.717, 1.165) is 11.3 Å². The van der Waals surface area contributed by atoms with Crippen molar-refractivity contribution >= 4 is 17.5 Å². The van der Waals surface area contributed by atoms with E-state index >= 15 is 0 Å². The minimum Gasteiger partial charge on any atom is -0.495 e. The van der Waals surface area contributed by atoms with E-state index < -0.39 is 6.04 Å². The highest BCUT2D eigenvalue weighted by Crippen LogP contribution is 2.36. The van der Waals surface area contributed by atoms with Crippen LogP contribution in [0.25, 0.3) is 0 Å². The predicted molar refractivity (Wildman–Crippen MR) is 104 cm³/mol. The van der Waals surface area contributed by atoms with Gasteiger partial charge in [-0.15, -0.1) is 0 Å². The first-order valence-corrected chi connectivity index (χ1v) is 8.81. The largest absolute Gasteiger partial charge is 0.495 e. The number of aryl methyl sites for hydroxylation is 2. The van der Waals surface area contributed by atoms with E-state index in [9.17, 15) is 4.79 Å². The normalized spacial score (nSPS) is 15.8. The molecule has 0 radical (unpaired) electrons. The zero-order chi connectivity index (χ0) is 19.8. The molecule has 2 aromatic heterocycles. The molecule has 1 aliphatic rings. The number of carbonyl (C=O) groups excluding carboxylic acids is 1. The van der Waals surface area contributed by atoms with Crippen LogP contribution in [0.4, 0.5) is 11.6 Å². The van der Waals surface area contributed by atoms with Crippen molar-refractivity contribution in [2.75, 3.05) is 17.7 Å². The fraction of sp³-hybridized carbons (Fsp3) is 0.263. The highest BCUT2D eigenvalue weighted by molar-refractivity contribution is 6.06. The maximum absolute atomic E-state index is 13.3.